The third kappa shape index (κ3) is 2.60. The van der Waals surface area contributed by atoms with E-state index in [0.29, 0.717) is 12.2 Å². The minimum absolute atomic E-state index is 0.156. The molecule has 3 rings (SSSR count). The maximum Gasteiger partial charge on any atom is 0.128 e. The van der Waals surface area contributed by atoms with Crippen molar-refractivity contribution in [3.63, 3.8) is 0 Å². The van der Waals surface area contributed by atoms with Gasteiger partial charge < -0.3 is 4.74 Å². The van der Waals surface area contributed by atoms with Crippen LogP contribution in [0.5, 0.6) is 0 Å². The van der Waals surface area contributed by atoms with E-state index in [-0.39, 0.29) is 22.7 Å². The Morgan fingerprint density at radius 3 is 2.50 bits per heavy atom. The first-order valence-corrected chi connectivity index (χ1v) is 8.15. The Morgan fingerprint density at radius 2 is 1.85 bits per heavy atom. The smallest absolute Gasteiger partial charge is 0.128 e. The molecule has 0 bridgehead atoms. The highest BCUT2D eigenvalue weighted by Crippen LogP contribution is 2.55. The van der Waals surface area contributed by atoms with Gasteiger partial charge in [-0.15, -0.1) is 11.6 Å². The molecule has 0 heterocycles. The van der Waals surface area contributed by atoms with Gasteiger partial charge in [-0.05, 0) is 25.3 Å². The molecule has 3 heteroatoms. The number of rotatable bonds is 3. The molecule has 2 aliphatic carbocycles. The largest absolute Gasteiger partial charge is 0.373 e. The maximum absolute atomic E-state index is 13.6. The zero-order chi connectivity index (χ0) is 14.0. The minimum atomic E-state index is -0.177. The standard InChI is InChI=1S/C17H22ClFO/c18-15-11-16(17(15)9-5-1-2-6-10-17)20-12-13-7-3-4-8-14(13)19/h3-4,7-8,15-16H,1-2,5-6,9-12H2. The van der Waals surface area contributed by atoms with Gasteiger partial charge in [-0.1, -0.05) is 43.9 Å². The van der Waals surface area contributed by atoms with Crippen LogP contribution in [0.4, 0.5) is 4.39 Å². The first-order valence-electron chi connectivity index (χ1n) is 7.71. The molecule has 0 aliphatic heterocycles. The van der Waals surface area contributed by atoms with Crippen molar-refractivity contribution in [3.05, 3.63) is 35.6 Å². The Bertz CT molecular complexity index is 454. The minimum Gasteiger partial charge on any atom is -0.373 e. The Balaban J connectivity index is 1.64. The lowest BCUT2D eigenvalue weighted by Gasteiger charge is -2.53. The number of alkyl halides is 1. The van der Waals surface area contributed by atoms with Crippen LogP contribution >= 0.6 is 11.6 Å². The Hall–Kier alpha value is -0.600. The molecule has 2 saturated carbocycles. The maximum atomic E-state index is 13.6. The van der Waals surface area contributed by atoms with E-state index in [1.54, 1.807) is 12.1 Å². The summed E-state index contributed by atoms with van der Waals surface area (Å²) < 4.78 is 19.7. The monoisotopic (exact) mass is 296 g/mol. The van der Waals surface area contributed by atoms with Crippen LogP contribution in [0.2, 0.25) is 0 Å². The lowest BCUT2D eigenvalue weighted by atomic mass is 9.61. The summed E-state index contributed by atoms with van der Waals surface area (Å²) in [5, 5.41) is 0.242. The van der Waals surface area contributed by atoms with Crippen LogP contribution in [0.15, 0.2) is 24.3 Å². The summed E-state index contributed by atoms with van der Waals surface area (Å²) in [6.07, 6.45) is 8.59. The zero-order valence-electron chi connectivity index (χ0n) is 11.8. The normalized spacial score (nSPS) is 28.9. The molecule has 2 atom stereocenters. The third-order valence-corrected chi connectivity index (χ3v) is 5.73. The van der Waals surface area contributed by atoms with Crippen LogP contribution in [0.25, 0.3) is 0 Å². The first-order chi connectivity index (χ1) is 9.72. The average Bonchev–Trinajstić information content (AvgIpc) is 2.73. The zero-order valence-corrected chi connectivity index (χ0v) is 12.5. The van der Waals surface area contributed by atoms with Crippen LogP contribution in [0, 0.1) is 11.2 Å². The fourth-order valence-electron chi connectivity index (χ4n) is 3.76. The number of hydrogen-bond acceptors (Lipinski definition) is 1. The second-order valence-corrected chi connectivity index (χ2v) is 6.77. The van der Waals surface area contributed by atoms with Gasteiger partial charge in [0.25, 0.3) is 0 Å². The van der Waals surface area contributed by atoms with Crippen molar-refractivity contribution in [3.8, 4) is 0 Å². The molecule has 2 fully saturated rings. The third-order valence-electron chi connectivity index (χ3n) is 5.12. The van der Waals surface area contributed by atoms with Gasteiger partial charge in [0.15, 0.2) is 0 Å². The molecule has 1 aromatic carbocycles. The van der Waals surface area contributed by atoms with E-state index in [1.807, 2.05) is 6.07 Å². The second-order valence-electron chi connectivity index (χ2n) is 6.24. The van der Waals surface area contributed by atoms with Crippen LogP contribution in [-0.4, -0.2) is 11.5 Å². The molecule has 0 saturated heterocycles. The summed E-state index contributed by atoms with van der Waals surface area (Å²) in [5.74, 6) is -0.177. The van der Waals surface area contributed by atoms with E-state index in [2.05, 4.69) is 0 Å². The van der Waals surface area contributed by atoms with Crippen LogP contribution in [-0.2, 0) is 11.3 Å². The molecule has 2 unspecified atom stereocenters. The quantitative estimate of drug-likeness (QED) is 0.708. The lowest BCUT2D eigenvalue weighted by Crippen LogP contribution is -2.55. The molecular formula is C17H22ClFO. The van der Waals surface area contributed by atoms with Crippen LogP contribution < -0.4 is 0 Å². The highest BCUT2D eigenvalue weighted by Gasteiger charge is 2.54. The van der Waals surface area contributed by atoms with Gasteiger partial charge in [-0.25, -0.2) is 4.39 Å². The predicted molar refractivity (Wildman–Crippen MR) is 79.4 cm³/mol. The van der Waals surface area contributed by atoms with Crippen molar-refractivity contribution in [2.24, 2.45) is 5.41 Å². The lowest BCUT2D eigenvalue weighted by molar-refractivity contribution is -0.123. The number of ether oxygens (including phenoxy) is 1. The second kappa shape index (κ2) is 6.03. The van der Waals surface area contributed by atoms with E-state index >= 15 is 0 Å². The topological polar surface area (TPSA) is 9.23 Å². The van der Waals surface area contributed by atoms with E-state index in [1.165, 1.54) is 44.6 Å². The molecule has 1 nitrogen and oxygen atoms in total. The molecule has 1 aromatic rings. The SMILES string of the molecule is Fc1ccccc1COC1CC(Cl)C12CCCCCC2. The molecule has 0 aromatic heterocycles. The molecule has 110 valence electrons. The highest BCUT2D eigenvalue weighted by molar-refractivity contribution is 6.21. The fourth-order valence-corrected chi connectivity index (χ4v) is 4.28. The van der Waals surface area contributed by atoms with Crippen molar-refractivity contribution < 1.29 is 9.13 Å². The van der Waals surface area contributed by atoms with Gasteiger partial charge in [0.2, 0.25) is 0 Å². The van der Waals surface area contributed by atoms with E-state index < -0.39 is 0 Å². The molecule has 0 amide bonds. The summed E-state index contributed by atoms with van der Waals surface area (Å²) in [7, 11) is 0. The van der Waals surface area contributed by atoms with Crippen LogP contribution in [0.1, 0.15) is 50.5 Å². The average molecular weight is 297 g/mol. The summed E-state index contributed by atoms with van der Waals surface area (Å²) >= 11 is 6.51. The van der Waals surface area contributed by atoms with Gasteiger partial charge >= 0.3 is 0 Å². The molecule has 0 radical (unpaired) electrons. The highest BCUT2D eigenvalue weighted by atomic mass is 35.5. The van der Waals surface area contributed by atoms with Gasteiger partial charge in [0.1, 0.15) is 5.82 Å². The summed E-state index contributed by atoms with van der Waals surface area (Å²) in [5.41, 5.74) is 0.804. The van der Waals surface area contributed by atoms with Crippen molar-refractivity contribution in [1.82, 2.24) is 0 Å². The predicted octanol–water partition coefficient (Wildman–Crippen LogP) is 5.06. The van der Waals surface area contributed by atoms with Crippen molar-refractivity contribution in [1.29, 1.82) is 0 Å². The number of hydrogen-bond donors (Lipinski definition) is 0. The summed E-state index contributed by atoms with van der Waals surface area (Å²) in [6, 6.07) is 6.86. The molecule has 0 N–H and O–H groups in total. The van der Waals surface area contributed by atoms with Gasteiger partial charge in [0.05, 0.1) is 12.7 Å². The number of benzene rings is 1. The van der Waals surface area contributed by atoms with E-state index in [0.717, 1.165) is 6.42 Å². The number of halogens is 2. The van der Waals surface area contributed by atoms with E-state index in [4.69, 9.17) is 16.3 Å². The molecule has 1 spiro atoms. The summed E-state index contributed by atoms with van der Waals surface area (Å²) in [4.78, 5) is 0. The molecule has 2 aliphatic rings. The van der Waals surface area contributed by atoms with Crippen molar-refractivity contribution in [2.45, 2.75) is 63.0 Å². The Morgan fingerprint density at radius 1 is 1.15 bits per heavy atom. The van der Waals surface area contributed by atoms with Crippen molar-refractivity contribution >= 4 is 11.6 Å². The Labute approximate surface area is 125 Å². The molecular weight excluding hydrogens is 275 g/mol. The summed E-state index contributed by atoms with van der Waals surface area (Å²) in [6.45, 7) is 0.364. The van der Waals surface area contributed by atoms with Gasteiger partial charge in [-0.2, -0.15) is 0 Å². The van der Waals surface area contributed by atoms with Crippen molar-refractivity contribution in [2.75, 3.05) is 0 Å². The van der Waals surface area contributed by atoms with Gasteiger partial charge in [0, 0.05) is 16.4 Å². The molecule has 20 heavy (non-hydrogen) atoms. The Kier molecular flexibility index (Phi) is 4.32. The first kappa shape index (κ1) is 14.3. The van der Waals surface area contributed by atoms with Gasteiger partial charge in [-0.3, -0.25) is 0 Å². The fraction of sp³-hybridized carbons (Fsp3) is 0.647. The van der Waals surface area contributed by atoms with Crippen LogP contribution in [0.3, 0.4) is 0 Å². The van der Waals surface area contributed by atoms with E-state index in [9.17, 15) is 4.39 Å².